The summed E-state index contributed by atoms with van der Waals surface area (Å²) in [7, 11) is 0. The summed E-state index contributed by atoms with van der Waals surface area (Å²) in [5.74, 6) is 1.21. The Labute approximate surface area is 273 Å². The highest BCUT2D eigenvalue weighted by Crippen LogP contribution is 2.25. The molecule has 2 aromatic rings. The molecule has 0 spiro atoms. The highest BCUT2D eigenvalue weighted by atomic mass is 16.6. The van der Waals surface area contributed by atoms with E-state index in [9.17, 15) is 24.3 Å². The maximum absolute atomic E-state index is 14.6. The second-order valence-electron chi connectivity index (χ2n) is 12.0. The average Bonchev–Trinajstić information content (AvgIpc) is 3.00. The van der Waals surface area contributed by atoms with Gasteiger partial charge in [-0.05, 0) is 69.5 Å². The summed E-state index contributed by atoms with van der Waals surface area (Å²) in [5, 5.41) is 15.3. The molecule has 46 heavy (non-hydrogen) atoms. The maximum atomic E-state index is 14.6. The number of nitrogens with zero attached hydrogens (tertiary/aromatic N) is 1. The molecule has 250 valence electrons. The number of unbranched alkanes of at least 4 members (excludes halogenated alkanes) is 4. The third kappa shape index (κ3) is 13.2. The summed E-state index contributed by atoms with van der Waals surface area (Å²) < 4.78 is 10.5. The molecule has 3 amide bonds. The number of phenolic OH excluding ortho intramolecular Hbond substituents is 1. The highest BCUT2D eigenvalue weighted by Gasteiger charge is 2.36. The van der Waals surface area contributed by atoms with E-state index in [2.05, 4.69) is 23.5 Å². The SMILES string of the molecule is C#Cc1ccc(C(C(=O)NCCC(=O)OCC)N(CCCCCCC)C(=O)C(Cc2ccc(O)cc2)NC(=O)OC(C)(C)C)cc1. The molecular formula is C36H49N3O7. The van der Waals surface area contributed by atoms with Gasteiger partial charge in [-0.25, -0.2) is 4.79 Å². The summed E-state index contributed by atoms with van der Waals surface area (Å²) in [5.41, 5.74) is 1.01. The third-order valence-corrected chi connectivity index (χ3v) is 7.04. The number of nitrogens with one attached hydrogen (secondary N) is 2. The Balaban J connectivity index is 2.55. The van der Waals surface area contributed by atoms with Crippen LogP contribution in [-0.4, -0.2) is 65.2 Å². The topological polar surface area (TPSA) is 134 Å². The monoisotopic (exact) mass is 635 g/mol. The number of terminal acetylenes is 1. The predicted octanol–water partition coefficient (Wildman–Crippen LogP) is 5.42. The first-order chi connectivity index (χ1) is 21.9. The van der Waals surface area contributed by atoms with Crippen molar-refractivity contribution >= 4 is 23.9 Å². The van der Waals surface area contributed by atoms with Crippen molar-refractivity contribution in [3.8, 4) is 18.1 Å². The van der Waals surface area contributed by atoms with Crippen LogP contribution in [0.25, 0.3) is 0 Å². The summed E-state index contributed by atoms with van der Waals surface area (Å²) in [4.78, 5) is 54.9. The second-order valence-corrected chi connectivity index (χ2v) is 12.0. The molecule has 2 aromatic carbocycles. The molecule has 0 saturated heterocycles. The molecule has 0 aliphatic rings. The largest absolute Gasteiger partial charge is 0.508 e. The number of esters is 1. The minimum absolute atomic E-state index is 0.0161. The van der Waals surface area contributed by atoms with Crippen LogP contribution in [0.15, 0.2) is 48.5 Å². The molecule has 0 heterocycles. The Bertz CT molecular complexity index is 1310. The van der Waals surface area contributed by atoms with Crippen molar-refractivity contribution in [2.24, 2.45) is 0 Å². The Hall–Kier alpha value is -4.52. The zero-order chi connectivity index (χ0) is 34.1. The van der Waals surface area contributed by atoms with Gasteiger partial charge in [-0.15, -0.1) is 6.42 Å². The standard InChI is InChI=1S/C36H49N3O7/c1-7-10-11-12-13-24-39(32(28-18-14-26(8-2)15-19-28)33(42)37-23-22-31(41)45-9-3)34(43)30(38-35(44)46-36(4,5)6)25-27-16-20-29(40)21-17-27/h2,14-21,30,32,40H,7,9-13,22-25H2,1,3-6H3,(H,37,42)(H,38,44). The van der Waals surface area contributed by atoms with Gasteiger partial charge >= 0.3 is 12.1 Å². The zero-order valence-corrected chi connectivity index (χ0v) is 27.8. The van der Waals surface area contributed by atoms with Crippen molar-refractivity contribution in [1.82, 2.24) is 15.5 Å². The number of rotatable bonds is 17. The Morgan fingerprint density at radius 1 is 0.957 bits per heavy atom. The molecule has 10 nitrogen and oxygen atoms in total. The lowest BCUT2D eigenvalue weighted by Crippen LogP contribution is -2.54. The van der Waals surface area contributed by atoms with E-state index >= 15 is 0 Å². The Kier molecular flexibility index (Phi) is 15.6. The fraction of sp³-hybridized carbons (Fsp3) is 0.500. The van der Waals surface area contributed by atoms with Crippen LogP contribution in [0.1, 0.15) is 95.9 Å². The molecule has 0 saturated carbocycles. The molecule has 0 fully saturated rings. The lowest BCUT2D eigenvalue weighted by molar-refractivity contribution is -0.144. The Morgan fingerprint density at radius 2 is 1.61 bits per heavy atom. The number of carbonyl (C=O) groups is 4. The first kappa shape index (κ1) is 37.7. The molecule has 0 aliphatic heterocycles. The first-order valence-corrected chi connectivity index (χ1v) is 16.0. The number of aromatic hydroxyl groups is 1. The van der Waals surface area contributed by atoms with E-state index in [-0.39, 0.29) is 38.3 Å². The molecule has 0 aromatic heterocycles. The molecule has 2 atom stereocenters. The van der Waals surface area contributed by atoms with Crippen LogP contribution < -0.4 is 10.6 Å². The zero-order valence-electron chi connectivity index (χ0n) is 27.8. The third-order valence-electron chi connectivity index (χ3n) is 7.04. The van der Waals surface area contributed by atoms with Gasteiger partial charge in [0.25, 0.3) is 0 Å². The van der Waals surface area contributed by atoms with Crippen molar-refractivity contribution in [2.75, 3.05) is 19.7 Å². The van der Waals surface area contributed by atoms with Gasteiger partial charge in [-0.2, -0.15) is 0 Å². The normalized spacial score (nSPS) is 12.3. The van der Waals surface area contributed by atoms with Crippen molar-refractivity contribution < 1.29 is 33.8 Å². The van der Waals surface area contributed by atoms with Gasteiger partial charge in [0.2, 0.25) is 11.8 Å². The number of alkyl carbamates (subject to hydrolysis) is 1. The van der Waals surface area contributed by atoms with Crippen molar-refractivity contribution in [3.63, 3.8) is 0 Å². The number of ether oxygens (including phenoxy) is 2. The van der Waals surface area contributed by atoms with E-state index in [1.165, 1.54) is 17.0 Å². The number of phenols is 1. The smallest absolute Gasteiger partial charge is 0.408 e. The molecule has 2 unspecified atom stereocenters. The van der Waals surface area contributed by atoms with Gasteiger partial charge in [0.1, 0.15) is 23.4 Å². The summed E-state index contributed by atoms with van der Waals surface area (Å²) in [6.07, 6.45) is 9.38. The van der Waals surface area contributed by atoms with Crippen LogP contribution in [0.2, 0.25) is 0 Å². The van der Waals surface area contributed by atoms with E-state index in [4.69, 9.17) is 15.9 Å². The number of carbonyl (C=O) groups excluding carboxylic acids is 4. The van der Waals surface area contributed by atoms with Crippen molar-refractivity contribution in [3.05, 3.63) is 65.2 Å². The average molecular weight is 636 g/mol. The van der Waals surface area contributed by atoms with Crippen LogP contribution >= 0.6 is 0 Å². The number of amides is 3. The molecule has 2 rings (SSSR count). The minimum Gasteiger partial charge on any atom is -0.508 e. The quantitative estimate of drug-likeness (QED) is 0.120. The summed E-state index contributed by atoms with van der Waals surface area (Å²) in [6, 6.07) is 11.0. The van der Waals surface area contributed by atoms with Gasteiger partial charge in [0.05, 0.1) is 13.0 Å². The van der Waals surface area contributed by atoms with E-state index in [1.54, 1.807) is 64.1 Å². The van der Waals surface area contributed by atoms with E-state index in [0.717, 1.165) is 25.7 Å². The van der Waals surface area contributed by atoms with E-state index in [0.29, 0.717) is 23.1 Å². The second kappa shape index (κ2) is 19.1. The fourth-order valence-electron chi connectivity index (χ4n) is 4.82. The number of hydrogen-bond donors (Lipinski definition) is 3. The molecule has 3 N–H and O–H groups in total. The molecule has 10 heteroatoms. The Morgan fingerprint density at radius 3 is 2.20 bits per heavy atom. The molecule has 0 aliphatic carbocycles. The maximum Gasteiger partial charge on any atom is 0.408 e. The van der Waals surface area contributed by atoms with Crippen LogP contribution in [0, 0.1) is 12.3 Å². The molecule has 0 bridgehead atoms. The molecular weight excluding hydrogens is 586 g/mol. The number of hydrogen-bond acceptors (Lipinski definition) is 7. The van der Waals surface area contributed by atoms with Crippen molar-refractivity contribution in [1.29, 1.82) is 0 Å². The van der Waals surface area contributed by atoms with Gasteiger partial charge in [-0.3, -0.25) is 14.4 Å². The van der Waals surface area contributed by atoms with Gasteiger partial charge in [-0.1, -0.05) is 62.8 Å². The fourth-order valence-corrected chi connectivity index (χ4v) is 4.82. The van der Waals surface area contributed by atoms with E-state index < -0.39 is 41.6 Å². The van der Waals surface area contributed by atoms with E-state index in [1.807, 2.05) is 0 Å². The van der Waals surface area contributed by atoms with Crippen LogP contribution in [0.5, 0.6) is 5.75 Å². The lowest BCUT2D eigenvalue weighted by Gasteiger charge is -2.34. The van der Waals surface area contributed by atoms with Gasteiger partial charge in [0.15, 0.2) is 0 Å². The first-order valence-electron chi connectivity index (χ1n) is 16.0. The molecule has 0 radical (unpaired) electrons. The summed E-state index contributed by atoms with van der Waals surface area (Å²) in [6.45, 7) is 9.47. The highest BCUT2D eigenvalue weighted by molar-refractivity contribution is 5.92. The number of benzene rings is 2. The van der Waals surface area contributed by atoms with Crippen LogP contribution in [0.4, 0.5) is 4.79 Å². The van der Waals surface area contributed by atoms with Gasteiger partial charge < -0.3 is 30.1 Å². The predicted molar refractivity (Wildman–Crippen MR) is 177 cm³/mol. The van der Waals surface area contributed by atoms with Crippen molar-refractivity contribution in [2.45, 2.75) is 97.2 Å². The van der Waals surface area contributed by atoms with Crippen LogP contribution in [-0.2, 0) is 30.3 Å². The summed E-state index contributed by atoms with van der Waals surface area (Å²) >= 11 is 0. The lowest BCUT2D eigenvalue weighted by atomic mass is 9.98. The minimum atomic E-state index is -1.10. The van der Waals surface area contributed by atoms with Crippen LogP contribution in [0.3, 0.4) is 0 Å². The van der Waals surface area contributed by atoms with Gasteiger partial charge in [0, 0.05) is 25.1 Å².